The van der Waals surface area contributed by atoms with Crippen LogP contribution < -0.4 is 0 Å². The van der Waals surface area contributed by atoms with Crippen molar-refractivity contribution in [1.29, 1.82) is 0 Å². The predicted octanol–water partition coefficient (Wildman–Crippen LogP) is 5.21. The number of hydrogen-bond donors (Lipinski definition) is 0. The fourth-order valence-electron chi connectivity index (χ4n) is 4.13. The van der Waals surface area contributed by atoms with Gasteiger partial charge in [-0.15, -0.1) is 0 Å². The summed E-state index contributed by atoms with van der Waals surface area (Å²) in [7, 11) is 0. The molecule has 0 saturated carbocycles. The smallest absolute Gasteiger partial charge is 0.145 e. The lowest BCUT2D eigenvalue weighted by atomic mass is 9.61. The summed E-state index contributed by atoms with van der Waals surface area (Å²) in [5, 5.41) is 3.35. The van der Waals surface area contributed by atoms with Gasteiger partial charge in [0, 0.05) is 37.6 Å². The van der Waals surface area contributed by atoms with Crippen molar-refractivity contribution in [2.24, 2.45) is 0 Å². The lowest BCUT2D eigenvalue weighted by Gasteiger charge is -2.45. The Morgan fingerprint density at radius 1 is 0.913 bits per heavy atom. The first kappa shape index (κ1) is 10.4. The van der Waals surface area contributed by atoms with Gasteiger partial charge in [-0.25, -0.2) is 4.98 Å². The summed E-state index contributed by atoms with van der Waals surface area (Å²) in [6, 6.07) is 14.5. The Morgan fingerprint density at radius 3 is 2.43 bits per heavy atom. The highest BCUT2D eigenvalue weighted by molar-refractivity contribution is 6.13. The molecule has 2 nitrogen and oxygen atoms in total. The minimum Gasteiger partial charge on any atom is -0.295 e. The summed E-state index contributed by atoms with van der Waals surface area (Å²) < 4.78 is 27.2. The lowest BCUT2D eigenvalue weighted by molar-refractivity contribution is 0.288. The molecule has 0 N–H and O–H groups in total. The van der Waals surface area contributed by atoms with E-state index in [0.29, 0.717) is 0 Å². The maximum absolute atomic E-state index is 8.37. The summed E-state index contributed by atoms with van der Waals surface area (Å²) in [6.45, 7) is 3.80. The first-order valence-electron chi connectivity index (χ1n) is 9.51. The topological polar surface area (TPSA) is 17.3 Å². The lowest BCUT2D eigenvalue weighted by Crippen LogP contribution is -2.44. The molecule has 1 unspecified atom stereocenters. The molecule has 114 valence electrons. The highest BCUT2D eigenvalue weighted by atomic mass is 15.0. The molecule has 0 fully saturated rings. The van der Waals surface area contributed by atoms with E-state index in [1.165, 1.54) is 0 Å². The van der Waals surface area contributed by atoms with E-state index in [2.05, 4.69) is 33.7 Å². The van der Waals surface area contributed by atoms with Gasteiger partial charge in [0.05, 0.1) is 5.52 Å². The average molecular weight is 303 g/mol. The number of imidazole rings is 1. The SMILES string of the molecule is [2H]C([2H])([2H])C1(C)c2cnc3c4ccccc4c4cccc(c4n23)C1(C)C. The fourth-order valence-corrected chi connectivity index (χ4v) is 4.13. The van der Waals surface area contributed by atoms with Gasteiger partial charge in [0.15, 0.2) is 0 Å². The Balaban J connectivity index is 2.15. The summed E-state index contributed by atoms with van der Waals surface area (Å²) in [4.78, 5) is 4.69. The molecule has 23 heavy (non-hydrogen) atoms. The summed E-state index contributed by atoms with van der Waals surface area (Å²) in [5.74, 6) is 0. The van der Waals surface area contributed by atoms with E-state index in [1.54, 1.807) is 6.20 Å². The number of nitrogens with zero attached hydrogens (tertiary/aromatic N) is 2. The fraction of sp³-hybridized carbons (Fsp3) is 0.286. The number of fused-ring (bicyclic) bond motifs is 3. The van der Waals surface area contributed by atoms with Gasteiger partial charge < -0.3 is 0 Å². The van der Waals surface area contributed by atoms with E-state index in [4.69, 9.17) is 4.11 Å². The molecule has 0 amide bonds. The van der Waals surface area contributed by atoms with Crippen molar-refractivity contribution in [3.63, 3.8) is 0 Å². The van der Waals surface area contributed by atoms with Crippen molar-refractivity contribution in [3.05, 3.63) is 59.9 Å². The second-order valence-corrected chi connectivity index (χ2v) is 7.30. The highest BCUT2D eigenvalue weighted by Crippen LogP contribution is 2.50. The second-order valence-electron chi connectivity index (χ2n) is 7.30. The molecule has 1 atom stereocenters. The molecule has 1 aliphatic rings. The Bertz CT molecular complexity index is 1220. The third kappa shape index (κ3) is 1.30. The Kier molecular flexibility index (Phi) is 1.70. The Labute approximate surface area is 140 Å². The molecule has 1 aliphatic heterocycles. The zero-order valence-electron chi connectivity index (χ0n) is 16.5. The highest BCUT2D eigenvalue weighted by Gasteiger charge is 2.46. The van der Waals surface area contributed by atoms with Crippen LogP contribution in [0.15, 0.2) is 48.7 Å². The van der Waals surface area contributed by atoms with Crippen molar-refractivity contribution in [1.82, 2.24) is 9.38 Å². The van der Waals surface area contributed by atoms with E-state index in [-0.39, 0.29) is 0 Å². The number of aromatic nitrogens is 2. The van der Waals surface area contributed by atoms with Gasteiger partial charge in [-0.3, -0.25) is 4.40 Å². The molecule has 2 aromatic carbocycles. The van der Waals surface area contributed by atoms with Crippen molar-refractivity contribution in [2.75, 3.05) is 0 Å². The van der Waals surface area contributed by atoms with Gasteiger partial charge in [0.1, 0.15) is 5.65 Å². The maximum atomic E-state index is 8.37. The van der Waals surface area contributed by atoms with Gasteiger partial charge in [0.2, 0.25) is 0 Å². The van der Waals surface area contributed by atoms with Gasteiger partial charge in [-0.1, -0.05) is 70.1 Å². The maximum Gasteiger partial charge on any atom is 0.145 e. The monoisotopic (exact) mass is 303 g/mol. The standard InChI is InChI=1S/C21H20N2/c1-20(2)16-11-7-10-14-13-8-5-6-9-15(13)19-22-12-17(21(20,3)4)23(19)18(14)16/h5-12H,1-4H3/i3D3. The minimum absolute atomic E-state index is 0.566. The van der Waals surface area contributed by atoms with Crippen LogP contribution in [0.5, 0.6) is 0 Å². The molecular formula is C21H20N2. The molecule has 2 aromatic heterocycles. The number of benzene rings is 2. The number of rotatable bonds is 0. The van der Waals surface area contributed by atoms with E-state index < -0.39 is 17.7 Å². The van der Waals surface area contributed by atoms with Crippen LogP contribution in [0.3, 0.4) is 0 Å². The van der Waals surface area contributed by atoms with Crippen LogP contribution in [0.1, 0.15) is 43.0 Å². The minimum atomic E-state index is -2.15. The first-order chi connectivity index (χ1) is 12.2. The number of para-hydroxylation sites is 1. The second kappa shape index (κ2) is 3.76. The van der Waals surface area contributed by atoms with Crippen LogP contribution in [0.4, 0.5) is 0 Å². The molecule has 5 rings (SSSR count). The third-order valence-electron chi connectivity index (χ3n) is 5.92. The van der Waals surface area contributed by atoms with Crippen molar-refractivity contribution >= 4 is 27.3 Å². The van der Waals surface area contributed by atoms with Gasteiger partial charge in [-0.2, -0.15) is 0 Å². The summed E-state index contributed by atoms with van der Waals surface area (Å²) in [5.41, 5.74) is 2.15. The van der Waals surface area contributed by atoms with Crippen LogP contribution in [0, 0.1) is 0 Å². The first-order valence-corrected chi connectivity index (χ1v) is 8.01. The molecule has 0 aliphatic carbocycles. The van der Waals surface area contributed by atoms with E-state index >= 15 is 0 Å². The predicted molar refractivity (Wildman–Crippen MR) is 96.3 cm³/mol. The Hall–Kier alpha value is -2.35. The quantitative estimate of drug-likeness (QED) is 0.408. The van der Waals surface area contributed by atoms with Crippen LogP contribution in [-0.4, -0.2) is 9.38 Å². The molecule has 0 bridgehead atoms. The van der Waals surface area contributed by atoms with Crippen molar-refractivity contribution in [3.8, 4) is 0 Å². The van der Waals surface area contributed by atoms with Gasteiger partial charge in [0.25, 0.3) is 0 Å². The van der Waals surface area contributed by atoms with E-state index in [9.17, 15) is 0 Å². The van der Waals surface area contributed by atoms with E-state index in [0.717, 1.165) is 38.6 Å². The molecular weight excluding hydrogens is 280 g/mol. The van der Waals surface area contributed by atoms with Gasteiger partial charge in [-0.05, 0) is 10.9 Å². The third-order valence-corrected chi connectivity index (χ3v) is 5.92. The van der Waals surface area contributed by atoms with Crippen LogP contribution in [0.25, 0.3) is 27.3 Å². The van der Waals surface area contributed by atoms with Gasteiger partial charge >= 0.3 is 0 Å². The summed E-state index contributed by atoms with van der Waals surface area (Å²) in [6.07, 6.45) is 1.77. The molecule has 2 heteroatoms. The van der Waals surface area contributed by atoms with Crippen LogP contribution >= 0.6 is 0 Å². The number of hydrogen-bond acceptors (Lipinski definition) is 1. The normalized spacial score (nSPS) is 24.9. The van der Waals surface area contributed by atoms with Crippen LogP contribution in [-0.2, 0) is 10.8 Å². The zero-order chi connectivity index (χ0) is 18.5. The summed E-state index contributed by atoms with van der Waals surface area (Å²) >= 11 is 0. The van der Waals surface area contributed by atoms with Crippen LogP contribution in [0.2, 0.25) is 0 Å². The molecule has 0 saturated heterocycles. The number of pyridine rings is 1. The van der Waals surface area contributed by atoms with E-state index in [1.807, 2.05) is 39.0 Å². The molecule has 0 spiro atoms. The largest absolute Gasteiger partial charge is 0.295 e. The van der Waals surface area contributed by atoms with Crippen molar-refractivity contribution in [2.45, 2.75) is 38.5 Å². The molecule has 0 radical (unpaired) electrons. The molecule has 3 heterocycles. The van der Waals surface area contributed by atoms with Crippen molar-refractivity contribution < 1.29 is 4.11 Å². The Morgan fingerprint density at radius 2 is 1.65 bits per heavy atom. The average Bonchev–Trinajstić information content (AvgIpc) is 3.04. The molecule has 4 aromatic rings. The zero-order valence-corrected chi connectivity index (χ0v) is 13.5.